The molecule has 0 unspecified atom stereocenters. The van der Waals surface area contributed by atoms with Gasteiger partial charge in [0.25, 0.3) is 5.56 Å². The second-order valence-electron chi connectivity index (χ2n) is 6.93. The Hall–Kier alpha value is -3.56. The van der Waals surface area contributed by atoms with E-state index in [4.69, 9.17) is 4.98 Å². The molecule has 0 bridgehead atoms. The van der Waals surface area contributed by atoms with Crippen LogP contribution in [0.2, 0.25) is 0 Å². The Bertz CT molecular complexity index is 1620. The van der Waals surface area contributed by atoms with Crippen LogP contribution in [0.4, 0.5) is 0 Å². The van der Waals surface area contributed by atoms with Gasteiger partial charge in [0.1, 0.15) is 16.9 Å². The van der Waals surface area contributed by atoms with Crippen molar-refractivity contribution in [1.82, 2.24) is 28.3 Å². The summed E-state index contributed by atoms with van der Waals surface area (Å²) >= 11 is 2.75. The van der Waals surface area contributed by atoms with Gasteiger partial charge < -0.3 is 0 Å². The van der Waals surface area contributed by atoms with Gasteiger partial charge >= 0.3 is 0 Å². The standard InChI is InChI=1S/C22H14N6OS2/c29-21-14-8-4-5-9-15(14)23-18(28(21)13-6-2-1-3-7-13)12-30-22-24-16-10-11-17-20(19(16)25-22)27-31-26-17/h1-11,26H,12H2. The molecule has 3 aromatic heterocycles. The first-order chi connectivity index (χ1) is 15.3. The van der Waals surface area contributed by atoms with E-state index in [0.717, 1.165) is 27.8 Å². The molecule has 0 amide bonds. The minimum Gasteiger partial charge on any atom is -0.293 e. The van der Waals surface area contributed by atoms with Crippen LogP contribution in [0.25, 0.3) is 38.7 Å². The van der Waals surface area contributed by atoms with Crippen molar-refractivity contribution >= 4 is 56.5 Å². The number of thioether (sulfide) groups is 1. The van der Waals surface area contributed by atoms with E-state index in [1.165, 1.54) is 23.5 Å². The van der Waals surface area contributed by atoms with Crippen LogP contribution in [-0.2, 0) is 5.75 Å². The number of nitrogens with one attached hydrogen (secondary N) is 1. The Balaban J connectivity index is 1.44. The van der Waals surface area contributed by atoms with Crippen LogP contribution in [0, 0.1) is 0 Å². The molecule has 0 radical (unpaired) electrons. The number of hydrogen-bond donors (Lipinski definition) is 1. The number of benzene rings is 3. The first-order valence-corrected chi connectivity index (χ1v) is 11.3. The largest absolute Gasteiger partial charge is 0.293 e. The number of aromatic amines is 1. The average Bonchev–Trinajstić information content (AvgIpc) is 3.44. The minimum absolute atomic E-state index is 0.0827. The molecule has 0 saturated carbocycles. The zero-order valence-electron chi connectivity index (χ0n) is 16.0. The van der Waals surface area contributed by atoms with Gasteiger partial charge in [-0.2, -0.15) is 4.37 Å². The summed E-state index contributed by atoms with van der Waals surface area (Å²) in [6.07, 6.45) is 0. The van der Waals surface area contributed by atoms with Crippen LogP contribution in [0.15, 0.2) is 76.7 Å². The summed E-state index contributed by atoms with van der Waals surface area (Å²) < 4.78 is 9.20. The highest BCUT2D eigenvalue weighted by molar-refractivity contribution is 7.98. The average molecular weight is 443 g/mol. The number of imidazole rings is 1. The normalized spacial score (nSPS) is 11.6. The van der Waals surface area contributed by atoms with E-state index in [-0.39, 0.29) is 5.56 Å². The van der Waals surface area contributed by atoms with Crippen LogP contribution in [0.5, 0.6) is 0 Å². The number of fused-ring (bicyclic) bond motifs is 4. The third-order valence-electron chi connectivity index (χ3n) is 5.04. The summed E-state index contributed by atoms with van der Waals surface area (Å²) in [6, 6.07) is 20.9. The molecule has 1 N–H and O–H groups in total. The topological polar surface area (TPSA) is 89.3 Å². The second kappa shape index (κ2) is 7.29. The quantitative estimate of drug-likeness (QED) is 0.403. The number of H-pyrrole nitrogens is 1. The number of rotatable bonds is 4. The lowest BCUT2D eigenvalue weighted by Gasteiger charge is -2.13. The van der Waals surface area contributed by atoms with Gasteiger partial charge in [-0.15, -0.1) is 0 Å². The van der Waals surface area contributed by atoms with Crippen molar-refractivity contribution in [1.29, 1.82) is 0 Å². The number of para-hydroxylation sites is 2. The highest BCUT2D eigenvalue weighted by atomic mass is 32.2. The molecule has 0 atom stereocenters. The van der Waals surface area contributed by atoms with E-state index in [2.05, 4.69) is 18.7 Å². The highest BCUT2D eigenvalue weighted by Gasteiger charge is 2.15. The lowest BCUT2D eigenvalue weighted by Crippen LogP contribution is -2.23. The van der Waals surface area contributed by atoms with Gasteiger partial charge in [0, 0.05) is 11.7 Å². The third-order valence-corrected chi connectivity index (χ3v) is 6.46. The molecule has 150 valence electrons. The molecule has 0 saturated heterocycles. The van der Waals surface area contributed by atoms with Gasteiger partial charge in [0.2, 0.25) is 0 Å². The van der Waals surface area contributed by atoms with Gasteiger partial charge in [0.05, 0.1) is 33.4 Å². The highest BCUT2D eigenvalue weighted by Crippen LogP contribution is 2.27. The van der Waals surface area contributed by atoms with E-state index in [9.17, 15) is 4.79 Å². The zero-order valence-corrected chi connectivity index (χ0v) is 17.7. The lowest BCUT2D eigenvalue weighted by molar-refractivity contribution is 0.882. The Morgan fingerprint density at radius 2 is 1.71 bits per heavy atom. The number of aromatic nitrogens is 6. The molecular formula is C22H14N6OS2. The molecule has 0 fully saturated rings. The van der Waals surface area contributed by atoms with Gasteiger partial charge in [-0.1, -0.05) is 42.1 Å². The van der Waals surface area contributed by atoms with E-state index in [1.54, 1.807) is 4.57 Å². The monoisotopic (exact) mass is 442 g/mol. The predicted molar refractivity (Wildman–Crippen MR) is 124 cm³/mol. The van der Waals surface area contributed by atoms with Gasteiger partial charge in [-0.3, -0.25) is 13.7 Å². The fourth-order valence-electron chi connectivity index (χ4n) is 3.60. The zero-order chi connectivity index (χ0) is 20.8. The minimum atomic E-state index is -0.0827. The number of nitrogens with zero attached hydrogens (tertiary/aromatic N) is 5. The summed E-state index contributed by atoms with van der Waals surface area (Å²) in [7, 11) is 0. The summed E-state index contributed by atoms with van der Waals surface area (Å²) in [6.45, 7) is 0. The van der Waals surface area contributed by atoms with Crippen molar-refractivity contribution in [3.05, 3.63) is 82.9 Å². The van der Waals surface area contributed by atoms with Crippen molar-refractivity contribution in [2.75, 3.05) is 0 Å². The predicted octanol–water partition coefficient (Wildman–Crippen LogP) is 4.56. The van der Waals surface area contributed by atoms with Gasteiger partial charge in [0.15, 0.2) is 5.16 Å². The van der Waals surface area contributed by atoms with Crippen molar-refractivity contribution < 1.29 is 0 Å². The van der Waals surface area contributed by atoms with E-state index < -0.39 is 0 Å². The Labute approximate surface area is 184 Å². The summed E-state index contributed by atoms with van der Waals surface area (Å²) in [5.41, 5.74) is 4.75. The van der Waals surface area contributed by atoms with E-state index in [1.807, 2.05) is 66.7 Å². The Morgan fingerprint density at radius 1 is 0.871 bits per heavy atom. The summed E-state index contributed by atoms with van der Waals surface area (Å²) in [5, 5.41) is 1.23. The maximum atomic E-state index is 13.3. The first kappa shape index (κ1) is 18.2. The molecule has 0 spiro atoms. The molecule has 3 aromatic carbocycles. The molecule has 0 aliphatic heterocycles. The second-order valence-corrected chi connectivity index (χ2v) is 8.44. The molecule has 7 nitrogen and oxygen atoms in total. The van der Waals surface area contributed by atoms with Crippen molar-refractivity contribution in [3.8, 4) is 5.69 Å². The molecule has 6 aromatic rings. The smallest absolute Gasteiger partial charge is 0.265 e. The Kier molecular flexibility index (Phi) is 4.29. The molecule has 3 heterocycles. The van der Waals surface area contributed by atoms with Crippen molar-refractivity contribution in [2.45, 2.75) is 10.9 Å². The summed E-state index contributed by atoms with van der Waals surface area (Å²) in [5.74, 6) is 1.11. The molecule has 31 heavy (non-hydrogen) atoms. The van der Waals surface area contributed by atoms with Crippen LogP contribution >= 0.6 is 23.5 Å². The van der Waals surface area contributed by atoms with E-state index in [0.29, 0.717) is 27.6 Å². The van der Waals surface area contributed by atoms with Crippen molar-refractivity contribution in [3.63, 3.8) is 0 Å². The fraction of sp³-hybridized carbons (Fsp3) is 0.0455. The third kappa shape index (κ3) is 3.09. The van der Waals surface area contributed by atoms with Crippen LogP contribution in [0.1, 0.15) is 5.82 Å². The van der Waals surface area contributed by atoms with Crippen LogP contribution in [0.3, 0.4) is 0 Å². The fourth-order valence-corrected chi connectivity index (χ4v) is 4.95. The molecule has 0 aliphatic rings. The lowest BCUT2D eigenvalue weighted by atomic mass is 10.2. The van der Waals surface area contributed by atoms with Gasteiger partial charge in [-0.05, 0) is 36.4 Å². The van der Waals surface area contributed by atoms with Crippen LogP contribution < -0.4 is 5.56 Å². The van der Waals surface area contributed by atoms with Gasteiger partial charge in [-0.25, -0.2) is 15.0 Å². The van der Waals surface area contributed by atoms with E-state index >= 15 is 0 Å². The number of hydrogen-bond acceptors (Lipinski definition) is 7. The maximum Gasteiger partial charge on any atom is 0.265 e. The molecular weight excluding hydrogens is 428 g/mol. The molecule has 0 aliphatic carbocycles. The first-order valence-electron chi connectivity index (χ1n) is 9.57. The van der Waals surface area contributed by atoms with Crippen molar-refractivity contribution in [2.24, 2.45) is 0 Å². The summed E-state index contributed by atoms with van der Waals surface area (Å²) in [4.78, 5) is 27.4. The van der Waals surface area contributed by atoms with Crippen LogP contribution in [-0.4, -0.2) is 28.3 Å². The Morgan fingerprint density at radius 3 is 2.61 bits per heavy atom. The SMILES string of the molecule is O=c1c2ccccc2nc(CSc2nc3ccc4[nH]snc4c3n2)n1-c1ccccc1. The molecule has 6 rings (SSSR count). The maximum absolute atomic E-state index is 13.3. The molecule has 9 heteroatoms.